The zero-order valence-electron chi connectivity index (χ0n) is 8.59. The molecule has 0 aliphatic heterocycles. The third-order valence-corrected chi connectivity index (χ3v) is 1.78. The van der Waals surface area contributed by atoms with Gasteiger partial charge in [-0.1, -0.05) is 25.5 Å². The third-order valence-electron chi connectivity index (χ3n) is 1.78. The molecular weight excluding hydrogens is 150 g/mol. The van der Waals surface area contributed by atoms with E-state index in [1.807, 2.05) is 13.8 Å². The fraction of sp³-hybridized carbons (Fsp3) is 0.800. The third kappa shape index (κ3) is 6.38. The van der Waals surface area contributed by atoms with Crippen LogP contribution in [0.25, 0.3) is 0 Å². The van der Waals surface area contributed by atoms with Gasteiger partial charge in [-0.15, -0.1) is 0 Å². The van der Waals surface area contributed by atoms with Gasteiger partial charge in [-0.2, -0.15) is 0 Å². The van der Waals surface area contributed by atoms with Crippen LogP contribution in [0.5, 0.6) is 0 Å². The molecule has 0 aromatic heterocycles. The van der Waals surface area contributed by atoms with Gasteiger partial charge in [0.15, 0.2) is 0 Å². The minimum atomic E-state index is -0.226. The Morgan fingerprint density at radius 1 is 1.42 bits per heavy atom. The summed E-state index contributed by atoms with van der Waals surface area (Å²) < 4.78 is 0. The summed E-state index contributed by atoms with van der Waals surface area (Å²) in [6.45, 7) is 9.72. The fourth-order valence-electron chi connectivity index (χ4n) is 0.743. The zero-order chi connectivity index (χ0) is 9.56. The molecule has 0 heterocycles. The van der Waals surface area contributed by atoms with Gasteiger partial charge < -0.3 is 10.4 Å². The van der Waals surface area contributed by atoms with Crippen LogP contribution in [-0.2, 0) is 0 Å². The maximum absolute atomic E-state index is 9.41. The Kier molecular flexibility index (Phi) is 6.03. The molecule has 1 unspecified atom stereocenters. The first-order valence-electron chi connectivity index (χ1n) is 4.56. The van der Waals surface area contributed by atoms with E-state index in [0.29, 0.717) is 12.5 Å². The standard InChI is InChI=1S/C10H21NO/c1-8(2)5-6-11-7-10(12)9(3)4/h5,9-12H,6-7H2,1-4H3. The maximum atomic E-state index is 9.41. The summed E-state index contributed by atoms with van der Waals surface area (Å²) >= 11 is 0. The van der Waals surface area contributed by atoms with Crippen molar-refractivity contribution >= 4 is 0 Å². The smallest absolute Gasteiger partial charge is 0.0687 e. The highest BCUT2D eigenvalue weighted by Gasteiger charge is 2.06. The number of rotatable bonds is 5. The Balaban J connectivity index is 3.38. The molecule has 0 spiro atoms. The van der Waals surface area contributed by atoms with Gasteiger partial charge >= 0.3 is 0 Å². The number of hydrogen-bond donors (Lipinski definition) is 2. The number of aliphatic hydroxyl groups is 1. The van der Waals surface area contributed by atoms with E-state index in [-0.39, 0.29) is 6.10 Å². The molecule has 0 aromatic carbocycles. The SMILES string of the molecule is CC(C)=CCNCC(O)C(C)C. The number of allylic oxidation sites excluding steroid dienone is 1. The topological polar surface area (TPSA) is 32.3 Å². The quantitative estimate of drug-likeness (QED) is 0.486. The van der Waals surface area contributed by atoms with Gasteiger partial charge in [0.25, 0.3) is 0 Å². The van der Waals surface area contributed by atoms with Gasteiger partial charge in [-0.3, -0.25) is 0 Å². The minimum Gasteiger partial charge on any atom is -0.392 e. The molecule has 0 aliphatic rings. The molecule has 2 N–H and O–H groups in total. The van der Waals surface area contributed by atoms with Crippen molar-refractivity contribution in [1.29, 1.82) is 0 Å². The molecule has 0 aliphatic carbocycles. The molecule has 0 rings (SSSR count). The van der Waals surface area contributed by atoms with Crippen LogP contribution in [0.4, 0.5) is 0 Å². The van der Waals surface area contributed by atoms with Crippen molar-refractivity contribution < 1.29 is 5.11 Å². The van der Waals surface area contributed by atoms with Gasteiger partial charge in [0.05, 0.1) is 6.10 Å². The Bertz CT molecular complexity index is 137. The Labute approximate surface area is 75.7 Å². The van der Waals surface area contributed by atoms with Crippen molar-refractivity contribution in [2.24, 2.45) is 5.92 Å². The van der Waals surface area contributed by atoms with Crippen LogP contribution in [0.2, 0.25) is 0 Å². The monoisotopic (exact) mass is 171 g/mol. The number of hydrogen-bond acceptors (Lipinski definition) is 2. The van der Waals surface area contributed by atoms with E-state index in [2.05, 4.69) is 25.2 Å². The maximum Gasteiger partial charge on any atom is 0.0687 e. The average molecular weight is 171 g/mol. The second kappa shape index (κ2) is 6.21. The predicted molar refractivity (Wildman–Crippen MR) is 53.1 cm³/mol. The highest BCUT2D eigenvalue weighted by molar-refractivity contribution is 4.94. The summed E-state index contributed by atoms with van der Waals surface area (Å²) in [6.07, 6.45) is 1.89. The van der Waals surface area contributed by atoms with Crippen LogP contribution in [0, 0.1) is 5.92 Å². The van der Waals surface area contributed by atoms with Crippen molar-refractivity contribution in [2.75, 3.05) is 13.1 Å². The second-order valence-electron chi connectivity index (χ2n) is 3.75. The van der Waals surface area contributed by atoms with E-state index in [9.17, 15) is 5.11 Å². The molecule has 0 radical (unpaired) electrons. The fourth-order valence-corrected chi connectivity index (χ4v) is 0.743. The van der Waals surface area contributed by atoms with E-state index in [1.165, 1.54) is 5.57 Å². The molecule has 12 heavy (non-hydrogen) atoms. The van der Waals surface area contributed by atoms with Gasteiger partial charge in [0, 0.05) is 13.1 Å². The highest BCUT2D eigenvalue weighted by atomic mass is 16.3. The number of aliphatic hydroxyl groups excluding tert-OH is 1. The van der Waals surface area contributed by atoms with E-state index in [1.54, 1.807) is 0 Å². The molecule has 0 amide bonds. The first-order chi connectivity index (χ1) is 5.54. The summed E-state index contributed by atoms with van der Waals surface area (Å²) in [5.74, 6) is 0.337. The van der Waals surface area contributed by atoms with E-state index < -0.39 is 0 Å². The lowest BCUT2D eigenvalue weighted by Crippen LogP contribution is -2.30. The van der Waals surface area contributed by atoms with Gasteiger partial charge in [0.2, 0.25) is 0 Å². The van der Waals surface area contributed by atoms with Crippen molar-refractivity contribution in [3.63, 3.8) is 0 Å². The van der Waals surface area contributed by atoms with Crippen molar-refractivity contribution in [2.45, 2.75) is 33.8 Å². The van der Waals surface area contributed by atoms with E-state index in [0.717, 1.165) is 6.54 Å². The lowest BCUT2D eigenvalue weighted by Gasteiger charge is -2.14. The molecule has 0 fully saturated rings. The molecule has 72 valence electrons. The summed E-state index contributed by atoms with van der Waals surface area (Å²) in [7, 11) is 0. The predicted octanol–water partition coefficient (Wildman–Crippen LogP) is 1.56. The van der Waals surface area contributed by atoms with Crippen LogP contribution in [0.1, 0.15) is 27.7 Å². The molecule has 2 nitrogen and oxygen atoms in total. The molecule has 0 saturated heterocycles. The van der Waals surface area contributed by atoms with Gasteiger partial charge in [0.1, 0.15) is 0 Å². The van der Waals surface area contributed by atoms with E-state index >= 15 is 0 Å². The lowest BCUT2D eigenvalue weighted by atomic mass is 10.1. The second-order valence-corrected chi connectivity index (χ2v) is 3.75. The van der Waals surface area contributed by atoms with Crippen LogP contribution in [0.3, 0.4) is 0 Å². The van der Waals surface area contributed by atoms with Crippen molar-refractivity contribution in [3.8, 4) is 0 Å². The Morgan fingerprint density at radius 3 is 2.42 bits per heavy atom. The lowest BCUT2D eigenvalue weighted by molar-refractivity contribution is 0.125. The molecule has 1 atom stereocenters. The molecule has 0 aromatic rings. The summed E-state index contributed by atoms with van der Waals surface area (Å²) in [4.78, 5) is 0. The van der Waals surface area contributed by atoms with Crippen LogP contribution >= 0.6 is 0 Å². The first kappa shape index (κ1) is 11.7. The highest BCUT2D eigenvalue weighted by Crippen LogP contribution is 1.98. The van der Waals surface area contributed by atoms with Crippen LogP contribution in [-0.4, -0.2) is 24.3 Å². The van der Waals surface area contributed by atoms with Crippen LogP contribution < -0.4 is 5.32 Å². The van der Waals surface area contributed by atoms with Crippen LogP contribution in [0.15, 0.2) is 11.6 Å². The average Bonchev–Trinajstić information content (AvgIpc) is 1.97. The molecule has 2 heteroatoms. The Hall–Kier alpha value is -0.340. The largest absolute Gasteiger partial charge is 0.392 e. The summed E-state index contributed by atoms with van der Waals surface area (Å²) in [5, 5.41) is 12.6. The van der Waals surface area contributed by atoms with Gasteiger partial charge in [-0.25, -0.2) is 0 Å². The molecule has 0 saturated carbocycles. The normalized spacial score (nSPS) is 13.2. The minimum absolute atomic E-state index is 0.226. The molecular formula is C10H21NO. The number of nitrogens with one attached hydrogen (secondary N) is 1. The Morgan fingerprint density at radius 2 is 2.00 bits per heavy atom. The first-order valence-corrected chi connectivity index (χ1v) is 4.56. The van der Waals surface area contributed by atoms with Gasteiger partial charge in [-0.05, 0) is 19.8 Å². The van der Waals surface area contributed by atoms with E-state index in [4.69, 9.17) is 0 Å². The summed E-state index contributed by atoms with van der Waals surface area (Å²) in [6, 6.07) is 0. The van der Waals surface area contributed by atoms with Crippen molar-refractivity contribution in [1.82, 2.24) is 5.32 Å². The molecule has 0 bridgehead atoms. The zero-order valence-corrected chi connectivity index (χ0v) is 8.59. The van der Waals surface area contributed by atoms with Crippen molar-refractivity contribution in [3.05, 3.63) is 11.6 Å². The summed E-state index contributed by atoms with van der Waals surface area (Å²) in [5.41, 5.74) is 1.31.